The number of carbonyl (C=O) groups is 2. The summed E-state index contributed by atoms with van der Waals surface area (Å²) in [6.45, 7) is 7.10. The van der Waals surface area contributed by atoms with Gasteiger partial charge in [0.1, 0.15) is 0 Å². The molecular formula is C17H19N3O4. The summed E-state index contributed by atoms with van der Waals surface area (Å²) < 4.78 is 10.5. The first-order valence-corrected chi connectivity index (χ1v) is 7.87. The predicted molar refractivity (Wildman–Crippen MR) is 86.6 cm³/mol. The smallest absolute Gasteiger partial charge is 0.339 e. The lowest BCUT2D eigenvalue weighted by Crippen LogP contribution is -2.35. The van der Waals surface area contributed by atoms with Crippen LogP contribution in [0.2, 0.25) is 0 Å². The molecule has 0 bridgehead atoms. The van der Waals surface area contributed by atoms with Crippen LogP contribution >= 0.6 is 0 Å². The Labute approximate surface area is 139 Å². The molecule has 0 spiro atoms. The Balaban J connectivity index is 1.87. The maximum atomic E-state index is 12.6. The fraction of sp³-hybridized carbons (Fsp3) is 0.412. The van der Waals surface area contributed by atoms with Crippen molar-refractivity contribution >= 4 is 23.0 Å². The zero-order chi connectivity index (χ0) is 17.3. The highest BCUT2D eigenvalue weighted by Crippen LogP contribution is 2.40. The molecule has 1 amide bonds. The molecule has 3 rings (SSSR count). The van der Waals surface area contributed by atoms with Gasteiger partial charge in [0.15, 0.2) is 6.10 Å². The van der Waals surface area contributed by atoms with Gasteiger partial charge in [0, 0.05) is 18.2 Å². The van der Waals surface area contributed by atoms with Crippen LogP contribution in [0.3, 0.4) is 0 Å². The molecule has 7 nitrogen and oxygen atoms in total. The van der Waals surface area contributed by atoms with Crippen molar-refractivity contribution in [1.29, 1.82) is 0 Å². The second-order valence-corrected chi connectivity index (χ2v) is 5.90. The predicted octanol–water partition coefficient (Wildman–Crippen LogP) is 2.26. The van der Waals surface area contributed by atoms with Crippen molar-refractivity contribution in [3.63, 3.8) is 0 Å². The van der Waals surface area contributed by atoms with Crippen molar-refractivity contribution in [2.75, 3.05) is 6.54 Å². The molecule has 7 heteroatoms. The van der Waals surface area contributed by atoms with E-state index in [2.05, 4.69) is 22.0 Å². The summed E-state index contributed by atoms with van der Waals surface area (Å²) in [5.74, 6) is -0.616. The van der Waals surface area contributed by atoms with Crippen molar-refractivity contribution < 1.29 is 18.8 Å². The molecule has 24 heavy (non-hydrogen) atoms. The molecule has 1 saturated carbocycles. The van der Waals surface area contributed by atoms with Gasteiger partial charge in [-0.3, -0.25) is 4.79 Å². The van der Waals surface area contributed by atoms with Gasteiger partial charge in [0.2, 0.25) is 0 Å². The number of carbonyl (C=O) groups excluding carboxylic acids is 2. The SMILES string of the molecule is C=CCNC(=O)C(C)OC(=O)c1cc(C2CC2)nc2onc(C)c12. The van der Waals surface area contributed by atoms with Crippen molar-refractivity contribution in [2.24, 2.45) is 0 Å². The van der Waals surface area contributed by atoms with Gasteiger partial charge in [-0.05, 0) is 32.8 Å². The number of nitrogens with zero attached hydrogens (tertiary/aromatic N) is 2. The zero-order valence-corrected chi connectivity index (χ0v) is 13.7. The first-order chi connectivity index (χ1) is 11.5. The molecule has 1 atom stereocenters. The van der Waals surface area contributed by atoms with Gasteiger partial charge >= 0.3 is 5.97 Å². The van der Waals surface area contributed by atoms with Crippen molar-refractivity contribution in [2.45, 2.75) is 38.7 Å². The summed E-state index contributed by atoms with van der Waals surface area (Å²) in [5, 5.41) is 7.00. The Hall–Kier alpha value is -2.70. The van der Waals surface area contributed by atoms with Crippen LogP contribution in [0.1, 0.15) is 47.4 Å². The number of pyridine rings is 1. The van der Waals surface area contributed by atoms with E-state index in [1.165, 1.54) is 6.92 Å². The summed E-state index contributed by atoms with van der Waals surface area (Å²) >= 11 is 0. The van der Waals surface area contributed by atoms with Crippen LogP contribution < -0.4 is 5.32 Å². The quantitative estimate of drug-likeness (QED) is 0.645. The molecule has 0 aromatic carbocycles. The van der Waals surface area contributed by atoms with E-state index in [4.69, 9.17) is 9.26 Å². The number of hydrogen-bond acceptors (Lipinski definition) is 6. The number of ether oxygens (including phenoxy) is 1. The molecule has 1 unspecified atom stereocenters. The second kappa shape index (κ2) is 6.43. The van der Waals surface area contributed by atoms with E-state index in [-0.39, 0.29) is 5.91 Å². The molecule has 1 N–H and O–H groups in total. The van der Waals surface area contributed by atoms with Gasteiger partial charge in [-0.2, -0.15) is 0 Å². The summed E-state index contributed by atoms with van der Waals surface area (Å²) in [4.78, 5) is 28.9. The molecule has 2 aromatic rings. The summed E-state index contributed by atoms with van der Waals surface area (Å²) in [6.07, 6.45) is 2.73. The van der Waals surface area contributed by atoms with E-state index in [0.29, 0.717) is 34.8 Å². The molecule has 2 heterocycles. The monoisotopic (exact) mass is 329 g/mol. The molecule has 126 valence electrons. The van der Waals surface area contributed by atoms with Gasteiger partial charge in [0.25, 0.3) is 11.6 Å². The maximum Gasteiger partial charge on any atom is 0.339 e. The fourth-order valence-corrected chi connectivity index (χ4v) is 2.46. The van der Waals surface area contributed by atoms with Crippen LogP contribution in [-0.2, 0) is 9.53 Å². The minimum Gasteiger partial charge on any atom is -0.449 e. The van der Waals surface area contributed by atoms with Gasteiger partial charge in [-0.25, -0.2) is 9.78 Å². The third kappa shape index (κ3) is 3.15. The molecule has 1 fully saturated rings. The van der Waals surface area contributed by atoms with Gasteiger partial charge in [0.05, 0.1) is 16.6 Å². The Kier molecular flexibility index (Phi) is 4.33. The molecule has 1 aliphatic carbocycles. The maximum absolute atomic E-state index is 12.6. The average molecular weight is 329 g/mol. The van der Waals surface area contributed by atoms with Gasteiger partial charge in [-0.1, -0.05) is 11.2 Å². The molecule has 0 saturated heterocycles. The molecule has 0 aliphatic heterocycles. The minimum atomic E-state index is -0.912. The largest absolute Gasteiger partial charge is 0.449 e. The van der Waals surface area contributed by atoms with Crippen molar-refractivity contribution in [1.82, 2.24) is 15.5 Å². The molecular weight excluding hydrogens is 310 g/mol. The van der Waals surface area contributed by atoms with Crippen molar-refractivity contribution in [3.05, 3.63) is 35.7 Å². The van der Waals surface area contributed by atoms with Crippen molar-refractivity contribution in [3.8, 4) is 0 Å². The number of aromatic nitrogens is 2. The highest BCUT2D eigenvalue weighted by Gasteiger charge is 2.30. The third-order valence-electron chi connectivity index (χ3n) is 3.93. The van der Waals surface area contributed by atoms with Crippen LogP contribution in [0.15, 0.2) is 23.2 Å². The Bertz CT molecular complexity index is 808. The minimum absolute atomic E-state index is 0.316. The first kappa shape index (κ1) is 16.2. The van der Waals surface area contributed by atoms with E-state index in [1.54, 1.807) is 19.1 Å². The lowest BCUT2D eigenvalue weighted by molar-refractivity contribution is -0.128. The number of amides is 1. The van der Waals surface area contributed by atoms with E-state index in [1.807, 2.05) is 0 Å². The molecule has 0 radical (unpaired) electrons. The highest BCUT2D eigenvalue weighted by atomic mass is 16.5. The van der Waals surface area contributed by atoms with E-state index < -0.39 is 12.1 Å². The summed E-state index contributed by atoms with van der Waals surface area (Å²) in [6, 6.07) is 1.72. The number of hydrogen-bond donors (Lipinski definition) is 1. The Morgan fingerprint density at radius 3 is 2.96 bits per heavy atom. The van der Waals surface area contributed by atoms with E-state index in [9.17, 15) is 9.59 Å². The number of nitrogens with one attached hydrogen (secondary N) is 1. The number of rotatable bonds is 6. The third-order valence-corrected chi connectivity index (χ3v) is 3.93. The Morgan fingerprint density at radius 2 is 2.29 bits per heavy atom. The zero-order valence-electron chi connectivity index (χ0n) is 13.7. The molecule has 1 aliphatic rings. The second-order valence-electron chi connectivity index (χ2n) is 5.90. The fourth-order valence-electron chi connectivity index (χ4n) is 2.46. The lowest BCUT2D eigenvalue weighted by atomic mass is 10.1. The van der Waals surface area contributed by atoms with Crippen LogP contribution in [-0.4, -0.2) is 34.7 Å². The normalized spacial score (nSPS) is 15.1. The van der Waals surface area contributed by atoms with E-state index >= 15 is 0 Å². The van der Waals surface area contributed by atoms with Gasteiger partial charge < -0.3 is 14.6 Å². The Morgan fingerprint density at radius 1 is 1.54 bits per heavy atom. The van der Waals surface area contributed by atoms with Crippen LogP contribution in [0.5, 0.6) is 0 Å². The summed E-state index contributed by atoms with van der Waals surface area (Å²) in [5.41, 5.74) is 2.03. The first-order valence-electron chi connectivity index (χ1n) is 7.87. The molecule has 2 aromatic heterocycles. The standard InChI is InChI=1S/C17H19N3O4/c1-4-7-18-15(21)10(3)23-17(22)12-8-13(11-5-6-11)19-16-14(12)9(2)20-24-16/h4,8,10-11H,1,5-7H2,2-3H3,(H,18,21). The van der Waals surface area contributed by atoms with Crippen LogP contribution in [0, 0.1) is 6.92 Å². The lowest BCUT2D eigenvalue weighted by Gasteiger charge is -2.13. The van der Waals surface area contributed by atoms with Gasteiger partial charge in [-0.15, -0.1) is 6.58 Å². The number of esters is 1. The van der Waals surface area contributed by atoms with E-state index in [0.717, 1.165) is 18.5 Å². The average Bonchev–Trinajstić information content (AvgIpc) is 3.35. The van der Waals surface area contributed by atoms with Crippen LogP contribution in [0.4, 0.5) is 0 Å². The number of aryl methyl sites for hydroxylation is 1. The summed E-state index contributed by atoms with van der Waals surface area (Å²) in [7, 11) is 0. The number of fused-ring (bicyclic) bond motifs is 1. The topological polar surface area (TPSA) is 94.3 Å². The van der Waals surface area contributed by atoms with Crippen LogP contribution in [0.25, 0.3) is 11.1 Å². The highest BCUT2D eigenvalue weighted by molar-refractivity contribution is 6.04.